The van der Waals surface area contributed by atoms with Crippen molar-refractivity contribution in [2.75, 3.05) is 42.1 Å². The van der Waals surface area contributed by atoms with Crippen LogP contribution in [0.25, 0.3) is 16.0 Å². The topological polar surface area (TPSA) is 101 Å². The van der Waals surface area contributed by atoms with E-state index in [-0.39, 0.29) is 11.2 Å². The van der Waals surface area contributed by atoms with Crippen LogP contribution in [0.3, 0.4) is 0 Å². The SMILES string of the molecule is Cc1csc2c(-n3nc(Nc4ccc(N5CCN([C@@H]6C[C@H]7CC[C@@H]6C7)CC5)cc4)nc3N)nc(Cl)nc12. The summed E-state index contributed by atoms with van der Waals surface area (Å²) in [7, 11) is 0. The molecule has 3 aromatic heterocycles. The highest BCUT2D eigenvalue weighted by Crippen LogP contribution is 2.46. The Morgan fingerprint density at radius 3 is 2.57 bits per heavy atom. The molecule has 3 fully saturated rings. The first-order chi connectivity index (χ1) is 18.0. The van der Waals surface area contributed by atoms with Crippen molar-refractivity contribution in [3.63, 3.8) is 0 Å². The first kappa shape index (κ1) is 23.2. The molecule has 37 heavy (non-hydrogen) atoms. The minimum Gasteiger partial charge on any atom is -0.369 e. The number of benzene rings is 1. The number of thiophene rings is 1. The number of rotatable bonds is 5. The predicted octanol–water partition coefficient (Wildman–Crippen LogP) is 4.87. The van der Waals surface area contributed by atoms with Crippen LogP contribution in [0.4, 0.5) is 23.3 Å². The van der Waals surface area contributed by atoms with Gasteiger partial charge in [0.25, 0.3) is 0 Å². The zero-order chi connectivity index (χ0) is 25.1. The van der Waals surface area contributed by atoms with E-state index in [1.807, 2.05) is 12.3 Å². The average molecular weight is 536 g/mol. The lowest BCUT2D eigenvalue weighted by Crippen LogP contribution is -2.51. The molecule has 1 aliphatic heterocycles. The van der Waals surface area contributed by atoms with E-state index in [1.165, 1.54) is 60.5 Å². The fraction of sp³-hybridized carbons (Fsp3) is 0.462. The number of piperazine rings is 1. The van der Waals surface area contributed by atoms with Gasteiger partial charge in [-0.2, -0.15) is 14.6 Å². The van der Waals surface area contributed by atoms with Crippen LogP contribution in [0, 0.1) is 18.8 Å². The maximum absolute atomic E-state index is 6.21. The van der Waals surface area contributed by atoms with E-state index in [1.54, 1.807) is 0 Å². The van der Waals surface area contributed by atoms with Gasteiger partial charge in [-0.3, -0.25) is 4.90 Å². The van der Waals surface area contributed by atoms with Crippen molar-refractivity contribution in [3.05, 3.63) is 40.5 Å². The molecule has 3 aliphatic rings. The molecule has 0 amide bonds. The third-order valence-corrected chi connectivity index (χ3v) is 9.60. The lowest BCUT2D eigenvalue weighted by atomic mass is 9.93. The number of aryl methyl sites for hydroxylation is 1. The Hall–Kier alpha value is -2.95. The van der Waals surface area contributed by atoms with Crippen LogP contribution < -0.4 is 16.0 Å². The lowest BCUT2D eigenvalue weighted by Gasteiger charge is -2.41. The maximum Gasteiger partial charge on any atom is 0.248 e. The van der Waals surface area contributed by atoms with Crippen LogP contribution in [0.2, 0.25) is 5.28 Å². The highest BCUT2D eigenvalue weighted by Gasteiger charge is 2.42. The Kier molecular flexibility index (Phi) is 5.71. The number of aromatic nitrogens is 5. The Morgan fingerprint density at radius 1 is 1.03 bits per heavy atom. The van der Waals surface area contributed by atoms with Gasteiger partial charge >= 0.3 is 0 Å². The summed E-state index contributed by atoms with van der Waals surface area (Å²) in [6.45, 7) is 6.49. The van der Waals surface area contributed by atoms with Gasteiger partial charge in [-0.15, -0.1) is 16.4 Å². The van der Waals surface area contributed by atoms with Crippen molar-refractivity contribution in [1.29, 1.82) is 0 Å². The first-order valence-corrected chi connectivity index (χ1v) is 14.3. The van der Waals surface area contributed by atoms with E-state index >= 15 is 0 Å². The molecule has 4 heterocycles. The third kappa shape index (κ3) is 4.20. The third-order valence-electron chi connectivity index (χ3n) is 8.35. The molecule has 3 N–H and O–H groups in total. The van der Waals surface area contributed by atoms with Crippen molar-refractivity contribution in [3.8, 4) is 5.82 Å². The summed E-state index contributed by atoms with van der Waals surface area (Å²) in [6.07, 6.45) is 5.83. The molecule has 4 aromatic rings. The second-order valence-electron chi connectivity index (χ2n) is 10.6. The summed E-state index contributed by atoms with van der Waals surface area (Å²) >= 11 is 7.72. The van der Waals surface area contributed by atoms with Crippen molar-refractivity contribution in [2.24, 2.45) is 11.8 Å². The van der Waals surface area contributed by atoms with Gasteiger partial charge in [0, 0.05) is 43.6 Å². The number of hydrogen-bond acceptors (Lipinski definition) is 9. The van der Waals surface area contributed by atoms with Gasteiger partial charge in [0.2, 0.25) is 17.2 Å². The van der Waals surface area contributed by atoms with E-state index in [2.05, 4.69) is 59.4 Å². The number of nitrogens with zero attached hydrogens (tertiary/aromatic N) is 7. The molecule has 7 rings (SSSR count). The zero-order valence-electron chi connectivity index (χ0n) is 20.8. The fourth-order valence-electron chi connectivity index (χ4n) is 6.52. The highest BCUT2D eigenvalue weighted by molar-refractivity contribution is 7.17. The first-order valence-electron chi connectivity index (χ1n) is 13.0. The van der Waals surface area contributed by atoms with Crippen LogP contribution in [0.15, 0.2) is 29.6 Å². The van der Waals surface area contributed by atoms with Crippen molar-refractivity contribution >= 4 is 56.4 Å². The zero-order valence-corrected chi connectivity index (χ0v) is 22.3. The van der Waals surface area contributed by atoms with Crippen LogP contribution >= 0.6 is 22.9 Å². The van der Waals surface area contributed by atoms with Crippen LogP contribution in [-0.4, -0.2) is 61.9 Å². The van der Waals surface area contributed by atoms with Gasteiger partial charge in [0.15, 0.2) is 5.82 Å². The fourth-order valence-corrected chi connectivity index (χ4v) is 7.65. The van der Waals surface area contributed by atoms with Crippen molar-refractivity contribution in [2.45, 2.75) is 38.6 Å². The maximum atomic E-state index is 6.21. The standard InChI is InChI=1S/C26H30ClN9S/c1-15-14-37-22-21(15)30-24(27)31-23(22)36-25(28)32-26(33-36)29-18-4-6-19(7-5-18)34-8-10-35(11-9-34)20-13-16-2-3-17(20)12-16/h4-7,14,16-17,20H,2-3,8-13H2,1H3,(H3,28,29,32,33)/t16-,17+,20+/m0/s1. The minimum absolute atomic E-state index is 0.153. The number of anilines is 4. The normalized spacial score (nSPS) is 23.8. The summed E-state index contributed by atoms with van der Waals surface area (Å²) in [5.74, 6) is 3.13. The van der Waals surface area contributed by atoms with E-state index in [9.17, 15) is 0 Å². The summed E-state index contributed by atoms with van der Waals surface area (Å²) in [6, 6.07) is 9.30. The van der Waals surface area contributed by atoms with Gasteiger partial charge in [-0.25, -0.2) is 4.98 Å². The molecule has 2 saturated carbocycles. The Labute approximate surface area is 224 Å². The van der Waals surface area contributed by atoms with E-state index in [4.69, 9.17) is 17.3 Å². The number of nitrogens with one attached hydrogen (secondary N) is 1. The summed E-state index contributed by atoms with van der Waals surface area (Å²) in [5, 5.41) is 10.0. The Morgan fingerprint density at radius 2 is 1.84 bits per heavy atom. The molecule has 192 valence electrons. The van der Waals surface area contributed by atoms with E-state index < -0.39 is 0 Å². The molecule has 11 heteroatoms. The minimum atomic E-state index is 0.153. The van der Waals surface area contributed by atoms with Crippen LogP contribution in [0.1, 0.15) is 31.2 Å². The second kappa shape index (κ2) is 9.11. The quantitative estimate of drug-likeness (QED) is 0.349. The number of hydrogen-bond donors (Lipinski definition) is 2. The summed E-state index contributed by atoms with van der Waals surface area (Å²) in [4.78, 5) is 18.4. The number of nitrogens with two attached hydrogens (primary N) is 1. The van der Waals surface area contributed by atoms with Gasteiger partial charge in [0.05, 0.1) is 10.2 Å². The predicted molar refractivity (Wildman–Crippen MR) is 149 cm³/mol. The number of fused-ring (bicyclic) bond motifs is 3. The molecular weight excluding hydrogens is 506 g/mol. The van der Waals surface area contributed by atoms with E-state index in [0.717, 1.165) is 52.4 Å². The number of nitrogen functional groups attached to an aromatic ring is 1. The Balaban J connectivity index is 1.03. The highest BCUT2D eigenvalue weighted by atomic mass is 35.5. The summed E-state index contributed by atoms with van der Waals surface area (Å²) < 4.78 is 2.38. The average Bonchev–Trinajstić information content (AvgIpc) is 3.70. The molecule has 2 aliphatic carbocycles. The van der Waals surface area contributed by atoms with Gasteiger partial charge < -0.3 is 16.0 Å². The smallest absolute Gasteiger partial charge is 0.248 e. The monoisotopic (exact) mass is 535 g/mol. The lowest BCUT2D eigenvalue weighted by molar-refractivity contribution is 0.135. The molecule has 0 unspecified atom stereocenters. The molecule has 9 nitrogen and oxygen atoms in total. The van der Waals surface area contributed by atoms with Crippen molar-refractivity contribution < 1.29 is 0 Å². The molecule has 3 atom stereocenters. The number of halogens is 1. The molecule has 1 saturated heterocycles. The molecule has 0 spiro atoms. The molecule has 1 aromatic carbocycles. The molecular formula is C26H30ClN9S. The molecule has 2 bridgehead atoms. The summed E-state index contributed by atoms with van der Waals surface area (Å²) in [5.41, 5.74) is 10.2. The Bertz CT molecular complexity index is 1440. The van der Waals surface area contributed by atoms with Gasteiger partial charge in [0.1, 0.15) is 0 Å². The van der Waals surface area contributed by atoms with Gasteiger partial charge in [-0.1, -0.05) is 6.42 Å². The van der Waals surface area contributed by atoms with Crippen LogP contribution in [0.5, 0.6) is 0 Å². The van der Waals surface area contributed by atoms with Crippen LogP contribution in [-0.2, 0) is 0 Å². The van der Waals surface area contributed by atoms with Crippen molar-refractivity contribution in [1.82, 2.24) is 29.6 Å². The second-order valence-corrected chi connectivity index (χ2v) is 11.8. The van der Waals surface area contributed by atoms with Gasteiger partial charge in [-0.05, 0) is 84.8 Å². The largest absolute Gasteiger partial charge is 0.369 e. The molecule has 0 radical (unpaired) electrons. The van der Waals surface area contributed by atoms with E-state index in [0.29, 0.717) is 11.8 Å².